The van der Waals surface area contributed by atoms with Crippen LogP contribution in [0.3, 0.4) is 0 Å². The van der Waals surface area contributed by atoms with Gasteiger partial charge in [0.1, 0.15) is 0 Å². The van der Waals surface area contributed by atoms with Crippen LogP contribution >= 0.6 is 0 Å². The molecule has 2 unspecified atom stereocenters. The van der Waals surface area contributed by atoms with Gasteiger partial charge in [-0.1, -0.05) is 30.3 Å². The Hall–Kier alpha value is -1.88. The van der Waals surface area contributed by atoms with Crippen LogP contribution in [0.15, 0.2) is 30.3 Å². The molecule has 1 saturated carbocycles. The maximum absolute atomic E-state index is 12.7. The Labute approximate surface area is 143 Å². The third-order valence-electron chi connectivity index (χ3n) is 5.30. The number of carbonyl (C=O) groups is 2. The number of ether oxygens (including phenoxy) is 1. The Kier molecular flexibility index (Phi) is 5.19. The second-order valence-electron chi connectivity index (χ2n) is 6.85. The molecule has 1 spiro atoms. The van der Waals surface area contributed by atoms with Crippen molar-refractivity contribution in [3.8, 4) is 0 Å². The summed E-state index contributed by atoms with van der Waals surface area (Å²) in [4.78, 5) is 24.6. The van der Waals surface area contributed by atoms with Crippen LogP contribution in [0, 0.1) is 11.3 Å². The molecule has 2 atom stereocenters. The van der Waals surface area contributed by atoms with E-state index in [1.165, 1.54) is 0 Å². The third kappa shape index (κ3) is 3.78. The van der Waals surface area contributed by atoms with E-state index in [2.05, 4.69) is 10.6 Å². The van der Waals surface area contributed by atoms with Crippen molar-refractivity contribution in [2.24, 2.45) is 11.3 Å². The normalized spacial score (nSPS) is 22.6. The van der Waals surface area contributed by atoms with Gasteiger partial charge in [-0.3, -0.25) is 9.59 Å². The molecule has 2 aliphatic rings. The lowest BCUT2D eigenvalue weighted by Crippen LogP contribution is -2.36. The predicted octanol–water partition coefficient (Wildman–Crippen LogP) is 2.19. The molecule has 5 nitrogen and oxygen atoms in total. The van der Waals surface area contributed by atoms with E-state index in [4.69, 9.17) is 4.74 Å². The number of rotatable bonds is 6. The number of carbonyl (C=O) groups excluding carboxylic acids is 2. The number of esters is 1. The van der Waals surface area contributed by atoms with Gasteiger partial charge in [-0.2, -0.15) is 0 Å². The highest BCUT2D eigenvalue weighted by atomic mass is 16.5. The first-order valence-electron chi connectivity index (χ1n) is 8.86. The van der Waals surface area contributed by atoms with Crippen LogP contribution in [0.1, 0.15) is 44.2 Å². The van der Waals surface area contributed by atoms with Crippen molar-refractivity contribution >= 4 is 11.9 Å². The van der Waals surface area contributed by atoms with Gasteiger partial charge in [0.15, 0.2) is 0 Å². The van der Waals surface area contributed by atoms with Crippen LogP contribution < -0.4 is 10.6 Å². The van der Waals surface area contributed by atoms with Crippen LogP contribution in [-0.2, 0) is 14.3 Å². The Morgan fingerprint density at radius 2 is 2.00 bits per heavy atom. The molecule has 2 fully saturated rings. The van der Waals surface area contributed by atoms with Gasteiger partial charge in [0, 0.05) is 5.92 Å². The Morgan fingerprint density at radius 1 is 1.29 bits per heavy atom. The van der Waals surface area contributed by atoms with Crippen molar-refractivity contribution in [1.82, 2.24) is 10.6 Å². The van der Waals surface area contributed by atoms with Crippen LogP contribution in [0.5, 0.6) is 0 Å². The van der Waals surface area contributed by atoms with Crippen LogP contribution in [0.25, 0.3) is 0 Å². The number of nitrogens with one attached hydrogen (secondary N) is 2. The summed E-state index contributed by atoms with van der Waals surface area (Å²) in [5.74, 6) is -0.109. The molecule has 1 heterocycles. The van der Waals surface area contributed by atoms with Crippen molar-refractivity contribution in [3.05, 3.63) is 35.9 Å². The lowest BCUT2D eigenvalue weighted by atomic mass is 9.91. The lowest BCUT2D eigenvalue weighted by molar-refractivity contribution is -0.143. The smallest absolute Gasteiger partial charge is 0.308 e. The lowest BCUT2D eigenvalue weighted by Gasteiger charge is -2.24. The maximum atomic E-state index is 12.7. The monoisotopic (exact) mass is 330 g/mol. The Bertz CT molecular complexity index is 582. The first-order valence-corrected chi connectivity index (χ1v) is 8.86. The minimum absolute atomic E-state index is 0.0788. The summed E-state index contributed by atoms with van der Waals surface area (Å²) in [5.41, 5.74) is 1.14. The van der Waals surface area contributed by atoms with Crippen molar-refractivity contribution in [2.75, 3.05) is 19.7 Å². The fourth-order valence-electron chi connectivity index (χ4n) is 3.79. The molecule has 24 heavy (non-hydrogen) atoms. The minimum Gasteiger partial charge on any atom is -0.466 e. The maximum Gasteiger partial charge on any atom is 0.308 e. The molecule has 0 radical (unpaired) electrons. The van der Waals surface area contributed by atoms with E-state index < -0.39 is 0 Å². The summed E-state index contributed by atoms with van der Waals surface area (Å²) in [6.07, 6.45) is 3.28. The molecule has 1 aliphatic carbocycles. The fourth-order valence-corrected chi connectivity index (χ4v) is 3.79. The molecule has 5 heteroatoms. The topological polar surface area (TPSA) is 67.4 Å². The molecule has 1 aromatic carbocycles. The second-order valence-corrected chi connectivity index (χ2v) is 6.85. The van der Waals surface area contributed by atoms with Gasteiger partial charge in [-0.05, 0) is 50.3 Å². The summed E-state index contributed by atoms with van der Waals surface area (Å²) >= 11 is 0. The SMILES string of the molecule is CCOC(=O)CC(NC(=O)C1CC12CCNCC2)c1ccccc1. The Balaban J connectivity index is 1.65. The van der Waals surface area contributed by atoms with Crippen LogP contribution in [0.2, 0.25) is 0 Å². The quantitative estimate of drug-likeness (QED) is 0.785. The number of amides is 1. The summed E-state index contributed by atoms with van der Waals surface area (Å²) in [7, 11) is 0. The second kappa shape index (κ2) is 7.34. The van der Waals surface area contributed by atoms with E-state index in [9.17, 15) is 9.59 Å². The highest BCUT2D eigenvalue weighted by molar-refractivity contribution is 5.83. The molecule has 0 aromatic heterocycles. The zero-order valence-corrected chi connectivity index (χ0v) is 14.2. The first-order chi connectivity index (χ1) is 11.6. The van der Waals surface area contributed by atoms with E-state index in [-0.39, 0.29) is 35.7 Å². The van der Waals surface area contributed by atoms with Crippen LogP contribution in [0.4, 0.5) is 0 Å². The molecule has 2 N–H and O–H groups in total. The molecule has 1 amide bonds. The van der Waals surface area contributed by atoms with Crippen LogP contribution in [-0.4, -0.2) is 31.6 Å². The summed E-state index contributed by atoms with van der Waals surface area (Å²) in [6.45, 7) is 4.13. The molecule has 1 aliphatic heterocycles. The number of hydrogen-bond acceptors (Lipinski definition) is 4. The molecular formula is C19H26N2O3. The molecular weight excluding hydrogens is 304 g/mol. The van der Waals surface area contributed by atoms with E-state index in [0.717, 1.165) is 37.9 Å². The number of piperidine rings is 1. The number of hydrogen-bond donors (Lipinski definition) is 2. The molecule has 1 aromatic rings. The van der Waals surface area contributed by atoms with Gasteiger partial charge in [-0.15, -0.1) is 0 Å². The summed E-state index contributed by atoms with van der Waals surface area (Å²) < 4.78 is 5.06. The highest BCUT2D eigenvalue weighted by Crippen LogP contribution is 2.58. The minimum atomic E-state index is -0.322. The van der Waals surface area contributed by atoms with E-state index >= 15 is 0 Å². The third-order valence-corrected chi connectivity index (χ3v) is 5.30. The Morgan fingerprint density at radius 3 is 2.67 bits per heavy atom. The van der Waals surface area contributed by atoms with Gasteiger partial charge in [0.25, 0.3) is 0 Å². The van der Waals surface area contributed by atoms with E-state index in [1.54, 1.807) is 6.92 Å². The summed E-state index contributed by atoms with van der Waals surface area (Å²) in [5, 5.41) is 6.45. The van der Waals surface area contributed by atoms with Gasteiger partial charge < -0.3 is 15.4 Å². The first kappa shape index (κ1) is 17.0. The standard InChI is InChI=1S/C19H26N2O3/c1-2-24-17(22)12-16(14-6-4-3-5-7-14)21-18(23)15-13-19(15)8-10-20-11-9-19/h3-7,15-16,20H,2,8-13H2,1H3,(H,21,23). The molecule has 1 saturated heterocycles. The molecule has 130 valence electrons. The van der Waals surface area contributed by atoms with Gasteiger partial charge in [0.2, 0.25) is 5.91 Å². The zero-order valence-electron chi connectivity index (χ0n) is 14.2. The number of benzene rings is 1. The zero-order chi connectivity index (χ0) is 17.0. The van der Waals surface area contributed by atoms with E-state index in [0.29, 0.717) is 6.61 Å². The van der Waals surface area contributed by atoms with Gasteiger partial charge >= 0.3 is 5.97 Å². The van der Waals surface area contributed by atoms with Crippen molar-refractivity contribution < 1.29 is 14.3 Å². The average Bonchev–Trinajstić information content (AvgIpc) is 3.29. The van der Waals surface area contributed by atoms with Crippen molar-refractivity contribution in [3.63, 3.8) is 0 Å². The van der Waals surface area contributed by atoms with Crippen molar-refractivity contribution in [1.29, 1.82) is 0 Å². The van der Waals surface area contributed by atoms with Gasteiger partial charge in [-0.25, -0.2) is 0 Å². The highest BCUT2D eigenvalue weighted by Gasteiger charge is 2.57. The largest absolute Gasteiger partial charge is 0.466 e. The predicted molar refractivity (Wildman–Crippen MR) is 91.2 cm³/mol. The molecule has 3 rings (SSSR count). The van der Waals surface area contributed by atoms with Crippen molar-refractivity contribution in [2.45, 2.75) is 38.6 Å². The van der Waals surface area contributed by atoms with Gasteiger partial charge in [0.05, 0.1) is 19.1 Å². The fraction of sp³-hybridized carbons (Fsp3) is 0.579. The average molecular weight is 330 g/mol. The molecule has 0 bridgehead atoms. The van der Waals surface area contributed by atoms with E-state index in [1.807, 2.05) is 30.3 Å². The summed E-state index contributed by atoms with van der Waals surface area (Å²) in [6, 6.07) is 9.33.